The fraction of sp³-hybridized carbons (Fsp3) is 0.267. The number of hydrogen-bond acceptors (Lipinski definition) is 5. The zero-order valence-electron chi connectivity index (χ0n) is 11.7. The molecule has 0 aliphatic rings. The molecular weight excluding hydrogens is 256 g/mol. The van der Waals surface area contributed by atoms with Crippen molar-refractivity contribution < 1.29 is 14.3 Å². The van der Waals surface area contributed by atoms with E-state index in [1.165, 1.54) is 13.3 Å². The van der Waals surface area contributed by atoms with Gasteiger partial charge in [0.1, 0.15) is 5.75 Å². The van der Waals surface area contributed by atoms with E-state index in [-0.39, 0.29) is 11.9 Å². The lowest BCUT2D eigenvalue weighted by atomic mass is 10.1. The molecule has 0 atom stereocenters. The van der Waals surface area contributed by atoms with Crippen molar-refractivity contribution in [3.05, 3.63) is 42.4 Å². The lowest BCUT2D eigenvalue weighted by Gasteiger charge is -2.10. The summed E-state index contributed by atoms with van der Waals surface area (Å²) < 4.78 is 10.2. The predicted octanol–water partition coefficient (Wildman–Crippen LogP) is 2.72. The molecule has 0 saturated heterocycles. The molecule has 1 heterocycles. The molecule has 1 aromatic heterocycles. The van der Waals surface area contributed by atoms with Crippen molar-refractivity contribution in [3.8, 4) is 17.0 Å². The van der Waals surface area contributed by atoms with E-state index in [1.54, 1.807) is 6.07 Å². The first kappa shape index (κ1) is 14.0. The summed E-state index contributed by atoms with van der Waals surface area (Å²) in [4.78, 5) is 19.5. The number of aromatic nitrogens is 2. The Kier molecular flexibility index (Phi) is 4.30. The smallest absolute Gasteiger partial charge is 0.376 e. The number of nitrogens with zero attached hydrogens (tertiary/aromatic N) is 2. The van der Waals surface area contributed by atoms with Crippen molar-refractivity contribution in [2.75, 3.05) is 7.11 Å². The molecule has 20 heavy (non-hydrogen) atoms. The number of hydrogen-bond donors (Lipinski definition) is 0. The third-order valence-electron chi connectivity index (χ3n) is 2.55. The molecule has 0 radical (unpaired) electrons. The fourth-order valence-electron chi connectivity index (χ4n) is 1.69. The zero-order valence-corrected chi connectivity index (χ0v) is 11.7. The van der Waals surface area contributed by atoms with Crippen LogP contribution in [0.15, 0.2) is 36.5 Å². The van der Waals surface area contributed by atoms with Gasteiger partial charge in [0.2, 0.25) is 5.82 Å². The minimum absolute atomic E-state index is 0.0486. The Morgan fingerprint density at radius 1 is 1.15 bits per heavy atom. The monoisotopic (exact) mass is 272 g/mol. The van der Waals surface area contributed by atoms with Gasteiger partial charge in [0, 0.05) is 11.8 Å². The number of esters is 1. The molecule has 0 N–H and O–H groups in total. The van der Waals surface area contributed by atoms with Crippen LogP contribution in [0.4, 0.5) is 0 Å². The summed E-state index contributed by atoms with van der Waals surface area (Å²) in [6.45, 7) is 3.95. The van der Waals surface area contributed by atoms with Gasteiger partial charge >= 0.3 is 5.97 Å². The van der Waals surface area contributed by atoms with Gasteiger partial charge in [-0.3, -0.25) is 0 Å². The number of ether oxygens (including phenoxy) is 2. The van der Waals surface area contributed by atoms with Crippen LogP contribution in [-0.4, -0.2) is 29.2 Å². The molecule has 0 unspecified atom stereocenters. The first-order chi connectivity index (χ1) is 9.60. The van der Waals surface area contributed by atoms with Crippen LogP contribution in [0, 0.1) is 0 Å². The summed E-state index contributed by atoms with van der Waals surface area (Å²) in [6, 6.07) is 9.26. The molecule has 2 rings (SSSR count). The standard InChI is InChI=1S/C15H16N2O3/c1-10(2)20-12-6-4-11(5-7-12)13-8-9-16-14(17-13)15(18)19-3/h4-10H,1-3H3. The Morgan fingerprint density at radius 3 is 2.45 bits per heavy atom. The van der Waals surface area contributed by atoms with Crippen LogP contribution in [0.5, 0.6) is 5.75 Å². The quantitative estimate of drug-likeness (QED) is 0.801. The van der Waals surface area contributed by atoms with Crippen molar-refractivity contribution in [2.45, 2.75) is 20.0 Å². The molecule has 0 amide bonds. The molecule has 2 aromatic rings. The van der Waals surface area contributed by atoms with Crippen LogP contribution in [0.25, 0.3) is 11.3 Å². The second-order valence-corrected chi connectivity index (χ2v) is 4.45. The maximum absolute atomic E-state index is 11.4. The molecule has 0 bridgehead atoms. The summed E-state index contributed by atoms with van der Waals surface area (Å²) in [5.41, 5.74) is 1.55. The van der Waals surface area contributed by atoms with E-state index in [4.69, 9.17) is 4.74 Å². The molecule has 5 heteroatoms. The van der Waals surface area contributed by atoms with Crippen molar-refractivity contribution in [1.29, 1.82) is 0 Å². The zero-order chi connectivity index (χ0) is 14.5. The molecule has 0 fully saturated rings. The number of rotatable bonds is 4. The Bertz CT molecular complexity index is 594. The summed E-state index contributed by atoms with van der Waals surface area (Å²) in [7, 11) is 1.30. The van der Waals surface area contributed by atoms with Crippen molar-refractivity contribution >= 4 is 5.97 Å². The summed E-state index contributed by atoms with van der Waals surface area (Å²) in [6.07, 6.45) is 1.67. The normalized spacial score (nSPS) is 10.4. The molecule has 0 aliphatic carbocycles. The predicted molar refractivity (Wildman–Crippen MR) is 74.6 cm³/mol. The van der Waals surface area contributed by atoms with Crippen LogP contribution in [0.3, 0.4) is 0 Å². The number of carbonyl (C=O) groups is 1. The van der Waals surface area contributed by atoms with E-state index < -0.39 is 5.97 Å². The van der Waals surface area contributed by atoms with Gasteiger partial charge in [-0.15, -0.1) is 0 Å². The van der Waals surface area contributed by atoms with Gasteiger partial charge in [-0.2, -0.15) is 0 Å². The van der Waals surface area contributed by atoms with E-state index in [9.17, 15) is 4.79 Å². The van der Waals surface area contributed by atoms with Crippen LogP contribution >= 0.6 is 0 Å². The van der Waals surface area contributed by atoms with Gasteiger partial charge in [-0.1, -0.05) is 0 Å². The number of carbonyl (C=O) groups excluding carboxylic acids is 1. The number of benzene rings is 1. The lowest BCUT2D eigenvalue weighted by Crippen LogP contribution is -2.07. The lowest BCUT2D eigenvalue weighted by molar-refractivity contribution is 0.0587. The Morgan fingerprint density at radius 2 is 1.85 bits per heavy atom. The first-order valence-electron chi connectivity index (χ1n) is 6.28. The SMILES string of the molecule is COC(=O)c1nccc(-c2ccc(OC(C)C)cc2)n1. The Labute approximate surface area is 117 Å². The average Bonchev–Trinajstić information content (AvgIpc) is 2.47. The van der Waals surface area contributed by atoms with Crippen LogP contribution < -0.4 is 4.74 Å². The van der Waals surface area contributed by atoms with Gasteiger partial charge in [0.25, 0.3) is 0 Å². The minimum atomic E-state index is -0.549. The van der Waals surface area contributed by atoms with Gasteiger partial charge < -0.3 is 9.47 Å². The first-order valence-corrected chi connectivity index (χ1v) is 6.28. The molecule has 0 spiro atoms. The third kappa shape index (κ3) is 3.32. The van der Waals surface area contributed by atoms with Crippen molar-refractivity contribution in [3.63, 3.8) is 0 Å². The van der Waals surface area contributed by atoms with Crippen LogP contribution in [-0.2, 0) is 4.74 Å². The highest BCUT2D eigenvalue weighted by Crippen LogP contribution is 2.21. The van der Waals surface area contributed by atoms with E-state index in [0.29, 0.717) is 5.69 Å². The average molecular weight is 272 g/mol. The highest BCUT2D eigenvalue weighted by molar-refractivity contribution is 5.85. The van der Waals surface area contributed by atoms with Crippen molar-refractivity contribution in [1.82, 2.24) is 9.97 Å². The molecule has 0 aliphatic heterocycles. The van der Waals surface area contributed by atoms with Gasteiger partial charge in [-0.25, -0.2) is 14.8 Å². The maximum Gasteiger partial charge on any atom is 0.376 e. The van der Waals surface area contributed by atoms with Gasteiger partial charge in [0.15, 0.2) is 0 Å². The Hall–Kier alpha value is -2.43. The molecular formula is C15H16N2O3. The summed E-state index contributed by atoms with van der Waals surface area (Å²) in [5, 5.41) is 0. The maximum atomic E-state index is 11.4. The van der Waals surface area contributed by atoms with Gasteiger partial charge in [-0.05, 0) is 44.2 Å². The third-order valence-corrected chi connectivity index (χ3v) is 2.55. The van der Waals surface area contributed by atoms with E-state index in [0.717, 1.165) is 11.3 Å². The molecule has 1 aromatic carbocycles. The highest BCUT2D eigenvalue weighted by atomic mass is 16.5. The van der Waals surface area contributed by atoms with E-state index >= 15 is 0 Å². The van der Waals surface area contributed by atoms with Gasteiger partial charge in [0.05, 0.1) is 18.9 Å². The minimum Gasteiger partial charge on any atom is -0.491 e. The highest BCUT2D eigenvalue weighted by Gasteiger charge is 2.10. The number of methoxy groups -OCH3 is 1. The molecule has 5 nitrogen and oxygen atoms in total. The second kappa shape index (κ2) is 6.14. The summed E-state index contributed by atoms with van der Waals surface area (Å²) in [5.74, 6) is 0.296. The summed E-state index contributed by atoms with van der Waals surface area (Å²) >= 11 is 0. The largest absolute Gasteiger partial charge is 0.491 e. The Balaban J connectivity index is 2.25. The molecule has 0 saturated carbocycles. The van der Waals surface area contributed by atoms with E-state index in [2.05, 4.69) is 14.7 Å². The van der Waals surface area contributed by atoms with Crippen LogP contribution in [0.2, 0.25) is 0 Å². The van der Waals surface area contributed by atoms with Crippen molar-refractivity contribution in [2.24, 2.45) is 0 Å². The van der Waals surface area contributed by atoms with Crippen LogP contribution in [0.1, 0.15) is 24.5 Å². The van der Waals surface area contributed by atoms with E-state index in [1.807, 2.05) is 38.1 Å². The second-order valence-electron chi connectivity index (χ2n) is 4.45. The topological polar surface area (TPSA) is 61.3 Å². The fourth-order valence-corrected chi connectivity index (χ4v) is 1.69. The molecule has 104 valence electrons.